The number of aromatic nitrogens is 4. The van der Waals surface area contributed by atoms with Crippen LogP contribution in [0, 0.1) is 13.8 Å². The van der Waals surface area contributed by atoms with Crippen molar-refractivity contribution in [3.63, 3.8) is 0 Å². The molecule has 1 saturated heterocycles. The van der Waals surface area contributed by atoms with E-state index in [9.17, 15) is 0 Å². The predicted molar refractivity (Wildman–Crippen MR) is 132 cm³/mol. The number of pyridine rings is 3. The molecule has 0 spiro atoms. The molecule has 166 valence electrons. The van der Waals surface area contributed by atoms with Crippen molar-refractivity contribution in [3.05, 3.63) is 113 Å². The zero-order valence-corrected chi connectivity index (χ0v) is 19.5. The maximum Gasteiger partial charge on any atom is 0.170 e. The number of thiocarbonyl (C=S) groups is 1. The first kappa shape index (κ1) is 21.3. The molecule has 2 atom stereocenters. The van der Waals surface area contributed by atoms with Crippen molar-refractivity contribution in [2.45, 2.75) is 39.0 Å². The molecule has 33 heavy (non-hydrogen) atoms. The van der Waals surface area contributed by atoms with Crippen molar-refractivity contribution in [2.75, 3.05) is 0 Å². The van der Waals surface area contributed by atoms with Gasteiger partial charge in [-0.15, -0.1) is 0 Å². The zero-order chi connectivity index (χ0) is 22.8. The molecule has 4 aromatic heterocycles. The van der Waals surface area contributed by atoms with E-state index < -0.39 is 0 Å². The van der Waals surface area contributed by atoms with Gasteiger partial charge >= 0.3 is 0 Å². The molecule has 6 nitrogen and oxygen atoms in total. The summed E-state index contributed by atoms with van der Waals surface area (Å²) in [6.07, 6.45) is 9.19. The molecule has 0 aromatic carbocycles. The molecule has 4 aromatic rings. The molecule has 7 heteroatoms. The molecule has 1 N–H and O–H groups in total. The summed E-state index contributed by atoms with van der Waals surface area (Å²) in [4.78, 5) is 15.3. The smallest absolute Gasteiger partial charge is 0.170 e. The Balaban J connectivity index is 1.56. The number of hydrogen-bond donors (Lipinski definition) is 1. The number of nitrogens with zero attached hydrogens (tertiary/aromatic N) is 5. The molecule has 1 aliphatic heterocycles. The molecule has 1 aliphatic rings. The average Bonchev–Trinajstić information content (AvgIpc) is 3.31. The van der Waals surface area contributed by atoms with Gasteiger partial charge < -0.3 is 14.8 Å². The number of hydrogen-bond acceptors (Lipinski definition) is 4. The van der Waals surface area contributed by atoms with Crippen LogP contribution < -0.4 is 5.32 Å². The highest BCUT2D eigenvalue weighted by atomic mass is 32.1. The fourth-order valence-electron chi connectivity index (χ4n) is 4.64. The van der Waals surface area contributed by atoms with Gasteiger partial charge in [0, 0.05) is 55.5 Å². The second-order valence-electron chi connectivity index (χ2n) is 8.38. The van der Waals surface area contributed by atoms with E-state index in [1.54, 1.807) is 0 Å². The molecular weight excluding hydrogens is 428 g/mol. The maximum absolute atomic E-state index is 5.84. The summed E-state index contributed by atoms with van der Waals surface area (Å²) in [6, 6.07) is 16.6. The van der Waals surface area contributed by atoms with Crippen LogP contribution in [0.5, 0.6) is 0 Å². The molecule has 1 fully saturated rings. The first-order valence-corrected chi connectivity index (χ1v) is 11.4. The minimum Gasteiger partial charge on any atom is -0.352 e. The number of aryl methyl sites for hydroxylation is 1. The van der Waals surface area contributed by atoms with Crippen LogP contribution in [0.15, 0.2) is 79.5 Å². The molecule has 5 heterocycles. The summed E-state index contributed by atoms with van der Waals surface area (Å²) in [5.41, 5.74) is 7.11. The summed E-state index contributed by atoms with van der Waals surface area (Å²) in [5.74, 6) is 0. The third kappa shape index (κ3) is 4.24. The highest BCUT2D eigenvalue weighted by Gasteiger charge is 2.41. The molecule has 0 radical (unpaired) electrons. The lowest BCUT2D eigenvalue weighted by molar-refractivity contribution is 0.309. The zero-order valence-electron chi connectivity index (χ0n) is 18.7. The first-order chi connectivity index (χ1) is 16.1. The molecule has 5 rings (SSSR count). The van der Waals surface area contributed by atoms with E-state index in [2.05, 4.69) is 67.8 Å². The van der Waals surface area contributed by atoms with Crippen LogP contribution in [0.4, 0.5) is 0 Å². The second kappa shape index (κ2) is 9.11. The minimum absolute atomic E-state index is 0.0259. The third-order valence-corrected chi connectivity index (χ3v) is 6.67. The van der Waals surface area contributed by atoms with Gasteiger partial charge in [0.05, 0.1) is 17.8 Å². The maximum atomic E-state index is 5.84. The lowest BCUT2D eigenvalue weighted by atomic mass is 9.96. The Morgan fingerprint density at radius 2 is 1.55 bits per heavy atom. The highest BCUT2D eigenvalue weighted by Crippen LogP contribution is 2.41. The minimum atomic E-state index is -0.0320. The van der Waals surface area contributed by atoms with E-state index in [-0.39, 0.29) is 12.1 Å². The van der Waals surface area contributed by atoms with Gasteiger partial charge in [0.1, 0.15) is 0 Å². The SMILES string of the molecule is Cc1cc([C@H]2[C@@H](c3ccccn3)NC(=S)N2Cc2ccncc2)c(C)n1Cc1ccncc1. The number of rotatable bonds is 6. The van der Waals surface area contributed by atoms with Crippen molar-refractivity contribution in [1.29, 1.82) is 0 Å². The standard InChI is InChI=1S/C26H26N6S/c1-18-15-22(19(2)31(18)16-20-6-11-27-12-7-20)25-24(23-5-3-4-10-29-23)30-26(33)32(25)17-21-8-13-28-14-9-21/h3-15,24-25H,16-17H2,1-2H3,(H,30,33)/t24-,25+/m1/s1. The topological polar surface area (TPSA) is 58.9 Å². The van der Waals surface area contributed by atoms with Crippen LogP contribution in [-0.4, -0.2) is 29.5 Å². The summed E-state index contributed by atoms with van der Waals surface area (Å²) in [6.45, 7) is 5.88. The lowest BCUT2D eigenvalue weighted by Crippen LogP contribution is -2.29. The van der Waals surface area contributed by atoms with Gasteiger partial charge in [-0.05, 0) is 85.2 Å². The molecule has 0 aliphatic carbocycles. The van der Waals surface area contributed by atoms with Crippen molar-refractivity contribution in [3.8, 4) is 0 Å². The fourth-order valence-corrected chi connectivity index (χ4v) is 4.95. The van der Waals surface area contributed by atoms with Crippen LogP contribution in [-0.2, 0) is 13.1 Å². The van der Waals surface area contributed by atoms with E-state index in [4.69, 9.17) is 12.2 Å². The Hall–Kier alpha value is -3.58. The van der Waals surface area contributed by atoms with E-state index in [0.29, 0.717) is 6.54 Å². The molecule has 0 amide bonds. The average molecular weight is 455 g/mol. The van der Waals surface area contributed by atoms with Crippen molar-refractivity contribution in [1.82, 2.24) is 29.7 Å². The molecule has 0 saturated carbocycles. The molecule has 0 bridgehead atoms. The van der Waals surface area contributed by atoms with Crippen molar-refractivity contribution < 1.29 is 0 Å². The Morgan fingerprint density at radius 1 is 0.879 bits per heavy atom. The van der Waals surface area contributed by atoms with Gasteiger partial charge in [0.15, 0.2) is 5.11 Å². The normalized spacial score (nSPS) is 17.9. The van der Waals surface area contributed by atoms with E-state index in [1.165, 1.54) is 28.1 Å². The summed E-state index contributed by atoms with van der Waals surface area (Å²) in [5, 5.41) is 4.30. The van der Waals surface area contributed by atoms with Gasteiger partial charge in [0.2, 0.25) is 0 Å². The molecular formula is C26H26N6S. The van der Waals surface area contributed by atoms with Crippen molar-refractivity contribution in [2.24, 2.45) is 0 Å². The monoisotopic (exact) mass is 454 g/mol. The van der Waals surface area contributed by atoms with Gasteiger partial charge in [-0.1, -0.05) is 6.07 Å². The van der Waals surface area contributed by atoms with Crippen LogP contribution in [0.3, 0.4) is 0 Å². The highest BCUT2D eigenvalue weighted by molar-refractivity contribution is 7.80. The number of nitrogens with one attached hydrogen (secondary N) is 1. The largest absolute Gasteiger partial charge is 0.352 e. The van der Waals surface area contributed by atoms with E-state index in [1.807, 2.05) is 55.2 Å². The van der Waals surface area contributed by atoms with Crippen LogP contribution in [0.1, 0.15) is 45.9 Å². The summed E-state index contributed by atoms with van der Waals surface area (Å²) in [7, 11) is 0. The summed E-state index contributed by atoms with van der Waals surface area (Å²) >= 11 is 5.84. The predicted octanol–water partition coefficient (Wildman–Crippen LogP) is 4.51. The Labute approximate surface area is 199 Å². The van der Waals surface area contributed by atoms with Gasteiger partial charge in [-0.2, -0.15) is 0 Å². The van der Waals surface area contributed by atoms with Gasteiger partial charge in [-0.25, -0.2) is 0 Å². The van der Waals surface area contributed by atoms with Crippen molar-refractivity contribution >= 4 is 17.3 Å². The Morgan fingerprint density at radius 3 is 2.18 bits per heavy atom. The van der Waals surface area contributed by atoms with E-state index in [0.717, 1.165) is 17.4 Å². The third-order valence-electron chi connectivity index (χ3n) is 6.32. The van der Waals surface area contributed by atoms with Gasteiger partial charge in [-0.3, -0.25) is 15.0 Å². The summed E-state index contributed by atoms with van der Waals surface area (Å²) < 4.78 is 2.37. The second-order valence-corrected chi connectivity index (χ2v) is 8.76. The molecule has 0 unspecified atom stereocenters. The Bertz CT molecular complexity index is 1240. The first-order valence-electron chi connectivity index (χ1n) is 11.0. The quantitative estimate of drug-likeness (QED) is 0.433. The van der Waals surface area contributed by atoms with Gasteiger partial charge in [0.25, 0.3) is 0 Å². The van der Waals surface area contributed by atoms with Crippen LogP contribution in [0.25, 0.3) is 0 Å². The van der Waals surface area contributed by atoms with Crippen LogP contribution in [0.2, 0.25) is 0 Å². The van der Waals surface area contributed by atoms with E-state index >= 15 is 0 Å². The van der Waals surface area contributed by atoms with Crippen LogP contribution >= 0.6 is 12.2 Å². The lowest BCUT2D eigenvalue weighted by Gasteiger charge is -2.28. The fraction of sp³-hybridized carbons (Fsp3) is 0.231. The Kier molecular flexibility index (Phi) is 5.88.